The van der Waals surface area contributed by atoms with Crippen molar-refractivity contribution in [2.24, 2.45) is 0 Å². The summed E-state index contributed by atoms with van der Waals surface area (Å²) in [5.74, 6) is 0.787. The van der Waals surface area contributed by atoms with E-state index in [9.17, 15) is 0 Å². The molecule has 1 aliphatic rings. The van der Waals surface area contributed by atoms with Crippen LogP contribution in [0, 0.1) is 11.3 Å². The maximum atomic E-state index is 8.90. The second-order valence-corrected chi connectivity index (χ2v) is 5.39. The lowest BCUT2D eigenvalue weighted by Crippen LogP contribution is -2.13. The van der Waals surface area contributed by atoms with Gasteiger partial charge in [0.25, 0.3) is 0 Å². The summed E-state index contributed by atoms with van der Waals surface area (Å²) in [6.07, 6.45) is 2.67. The fourth-order valence-corrected chi connectivity index (χ4v) is 2.58. The van der Waals surface area contributed by atoms with Crippen LogP contribution in [0.15, 0.2) is 48.5 Å². The molecule has 3 rings (SSSR count). The molecule has 0 unspecified atom stereocenters. The van der Waals surface area contributed by atoms with Crippen LogP contribution in [0.4, 0.5) is 0 Å². The zero-order valence-corrected chi connectivity index (χ0v) is 11.5. The largest absolute Gasteiger partial charge is 0.309 e. The molecule has 1 N–H and O–H groups in total. The molecule has 0 radical (unpaired) electrons. The number of nitrogens with one attached hydrogen (secondary N) is 1. The van der Waals surface area contributed by atoms with E-state index < -0.39 is 0 Å². The quantitative estimate of drug-likeness (QED) is 0.891. The van der Waals surface area contributed by atoms with Crippen LogP contribution in [-0.2, 0) is 13.1 Å². The molecule has 1 aliphatic carbocycles. The van der Waals surface area contributed by atoms with Crippen LogP contribution in [0.2, 0.25) is 0 Å². The summed E-state index contributed by atoms with van der Waals surface area (Å²) < 4.78 is 0. The zero-order chi connectivity index (χ0) is 13.8. The van der Waals surface area contributed by atoms with Crippen LogP contribution >= 0.6 is 0 Å². The van der Waals surface area contributed by atoms with E-state index in [0.29, 0.717) is 0 Å². The first-order valence-electron chi connectivity index (χ1n) is 7.14. The van der Waals surface area contributed by atoms with E-state index in [1.54, 1.807) is 0 Å². The molecule has 0 bridgehead atoms. The van der Waals surface area contributed by atoms with Gasteiger partial charge in [0.15, 0.2) is 0 Å². The summed E-state index contributed by atoms with van der Waals surface area (Å²) >= 11 is 0. The third-order valence-corrected chi connectivity index (χ3v) is 3.77. The summed E-state index contributed by atoms with van der Waals surface area (Å²) in [5, 5.41) is 12.4. The molecule has 1 saturated carbocycles. The molecule has 2 nitrogen and oxygen atoms in total. The highest BCUT2D eigenvalue weighted by Crippen LogP contribution is 2.41. The molecule has 0 aliphatic heterocycles. The number of benzene rings is 2. The highest BCUT2D eigenvalue weighted by atomic mass is 14.8. The van der Waals surface area contributed by atoms with Gasteiger partial charge in [-0.1, -0.05) is 36.4 Å². The average molecular weight is 262 g/mol. The van der Waals surface area contributed by atoms with Crippen LogP contribution in [0.1, 0.15) is 41.0 Å². The lowest BCUT2D eigenvalue weighted by Gasteiger charge is -2.10. The summed E-state index contributed by atoms with van der Waals surface area (Å²) in [6.45, 7) is 1.69. The second kappa shape index (κ2) is 5.90. The Kier molecular flexibility index (Phi) is 3.80. The van der Waals surface area contributed by atoms with E-state index in [1.165, 1.54) is 24.0 Å². The van der Waals surface area contributed by atoms with Crippen LogP contribution in [0.5, 0.6) is 0 Å². The fourth-order valence-electron chi connectivity index (χ4n) is 2.58. The monoisotopic (exact) mass is 262 g/mol. The molecule has 0 aromatic heterocycles. The van der Waals surface area contributed by atoms with Crippen molar-refractivity contribution in [2.45, 2.75) is 31.8 Å². The minimum absolute atomic E-state index is 0.725. The SMILES string of the molecule is N#Cc1cccc(CNCc2ccccc2C2CC2)c1. The Bertz CT molecular complexity index is 636. The summed E-state index contributed by atoms with van der Waals surface area (Å²) in [7, 11) is 0. The standard InChI is InChI=1S/C18H18N2/c19-11-14-4-3-5-15(10-14)12-20-13-17-6-1-2-7-18(17)16-8-9-16/h1-7,10,16,20H,8-9,12-13H2. The molecule has 0 atom stereocenters. The number of hydrogen-bond acceptors (Lipinski definition) is 2. The van der Waals surface area contributed by atoms with Crippen molar-refractivity contribution < 1.29 is 0 Å². The van der Waals surface area contributed by atoms with E-state index in [1.807, 2.05) is 18.2 Å². The van der Waals surface area contributed by atoms with E-state index in [-0.39, 0.29) is 0 Å². The van der Waals surface area contributed by atoms with Crippen molar-refractivity contribution in [3.63, 3.8) is 0 Å². The summed E-state index contributed by atoms with van der Waals surface area (Å²) in [6, 6.07) is 18.7. The van der Waals surface area contributed by atoms with Gasteiger partial charge >= 0.3 is 0 Å². The second-order valence-electron chi connectivity index (χ2n) is 5.39. The smallest absolute Gasteiger partial charge is 0.0991 e. The predicted octanol–water partition coefficient (Wildman–Crippen LogP) is 3.73. The van der Waals surface area contributed by atoms with E-state index >= 15 is 0 Å². The average Bonchev–Trinajstić information content (AvgIpc) is 3.33. The van der Waals surface area contributed by atoms with Gasteiger partial charge in [-0.25, -0.2) is 0 Å². The lowest BCUT2D eigenvalue weighted by molar-refractivity contribution is 0.688. The minimum atomic E-state index is 0.725. The Balaban J connectivity index is 1.61. The van der Waals surface area contributed by atoms with Gasteiger partial charge in [0.2, 0.25) is 0 Å². The molecule has 0 amide bonds. The van der Waals surface area contributed by atoms with Gasteiger partial charge in [-0.3, -0.25) is 0 Å². The Morgan fingerprint density at radius 2 is 1.90 bits per heavy atom. The van der Waals surface area contributed by atoms with E-state index in [0.717, 1.165) is 30.1 Å². The Hall–Kier alpha value is -2.11. The molecule has 20 heavy (non-hydrogen) atoms. The number of nitrogens with zero attached hydrogens (tertiary/aromatic N) is 1. The molecule has 0 heterocycles. The molecule has 2 aromatic carbocycles. The first-order valence-corrected chi connectivity index (χ1v) is 7.14. The third-order valence-electron chi connectivity index (χ3n) is 3.77. The van der Waals surface area contributed by atoms with Gasteiger partial charge in [-0.2, -0.15) is 5.26 Å². The number of hydrogen-bond donors (Lipinski definition) is 1. The van der Waals surface area contributed by atoms with Crippen molar-refractivity contribution >= 4 is 0 Å². The topological polar surface area (TPSA) is 35.8 Å². The molecule has 1 fully saturated rings. The highest BCUT2D eigenvalue weighted by molar-refractivity contribution is 5.34. The van der Waals surface area contributed by atoms with Crippen molar-refractivity contribution in [1.82, 2.24) is 5.32 Å². The van der Waals surface area contributed by atoms with Crippen molar-refractivity contribution in [1.29, 1.82) is 5.26 Å². The van der Waals surface area contributed by atoms with Gasteiger partial charge in [-0.15, -0.1) is 0 Å². The van der Waals surface area contributed by atoms with Crippen molar-refractivity contribution in [3.05, 3.63) is 70.8 Å². The van der Waals surface area contributed by atoms with Crippen LogP contribution < -0.4 is 5.32 Å². The molecular weight excluding hydrogens is 244 g/mol. The van der Waals surface area contributed by atoms with Gasteiger partial charge in [-0.05, 0) is 47.6 Å². The van der Waals surface area contributed by atoms with Crippen molar-refractivity contribution in [3.8, 4) is 6.07 Å². The fraction of sp³-hybridized carbons (Fsp3) is 0.278. The maximum absolute atomic E-state index is 8.90. The van der Waals surface area contributed by atoms with Crippen LogP contribution in [0.3, 0.4) is 0 Å². The Morgan fingerprint density at radius 1 is 1.05 bits per heavy atom. The van der Waals surface area contributed by atoms with Crippen molar-refractivity contribution in [2.75, 3.05) is 0 Å². The molecule has 0 saturated heterocycles. The summed E-state index contributed by atoms with van der Waals surface area (Å²) in [5.41, 5.74) is 4.80. The first-order chi connectivity index (χ1) is 9.86. The molecule has 2 heteroatoms. The Morgan fingerprint density at radius 3 is 2.70 bits per heavy atom. The van der Waals surface area contributed by atoms with Gasteiger partial charge in [0.1, 0.15) is 0 Å². The number of nitriles is 1. The van der Waals surface area contributed by atoms with E-state index in [2.05, 4.69) is 41.7 Å². The third kappa shape index (κ3) is 3.07. The lowest BCUT2D eigenvalue weighted by atomic mass is 10.0. The summed E-state index contributed by atoms with van der Waals surface area (Å²) in [4.78, 5) is 0. The van der Waals surface area contributed by atoms with Gasteiger partial charge in [0, 0.05) is 13.1 Å². The molecular formula is C18H18N2. The van der Waals surface area contributed by atoms with Crippen LogP contribution in [-0.4, -0.2) is 0 Å². The minimum Gasteiger partial charge on any atom is -0.309 e. The predicted molar refractivity (Wildman–Crippen MR) is 80.1 cm³/mol. The molecule has 0 spiro atoms. The molecule has 2 aromatic rings. The zero-order valence-electron chi connectivity index (χ0n) is 11.5. The number of rotatable bonds is 5. The normalized spacial score (nSPS) is 13.9. The Labute approximate surface area is 120 Å². The van der Waals surface area contributed by atoms with E-state index in [4.69, 9.17) is 5.26 Å². The maximum Gasteiger partial charge on any atom is 0.0991 e. The first kappa shape index (κ1) is 12.9. The van der Waals surface area contributed by atoms with Gasteiger partial charge in [0.05, 0.1) is 11.6 Å². The van der Waals surface area contributed by atoms with Gasteiger partial charge < -0.3 is 5.32 Å². The highest BCUT2D eigenvalue weighted by Gasteiger charge is 2.25. The molecule has 100 valence electrons. The van der Waals surface area contributed by atoms with Crippen LogP contribution in [0.25, 0.3) is 0 Å².